The van der Waals surface area contributed by atoms with Crippen molar-refractivity contribution in [3.63, 3.8) is 0 Å². The van der Waals surface area contributed by atoms with E-state index in [1.165, 1.54) is 12.1 Å². The van der Waals surface area contributed by atoms with Crippen molar-refractivity contribution in [1.29, 1.82) is 0 Å². The van der Waals surface area contributed by atoms with Crippen molar-refractivity contribution >= 4 is 5.91 Å². The Morgan fingerprint density at radius 3 is 2.86 bits per heavy atom. The molecular formula is C10H12FNO2. The number of halogens is 1. The Balaban J connectivity index is 2.46. The molecule has 0 spiro atoms. The van der Waals surface area contributed by atoms with Crippen molar-refractivity contribution in [2.75, 3.05) is 13.2 Å². The minimum Gasteiger partial charge on any atom is -0.481 e. The van der Waals surface area contributed by atoms with Crippen LogP contribution < -0.4 is 10.1 Å². The molecule has 0 aliphatic rings. The quantitative estimate of drug-likeness (QED) is 0.791. The number of benzene rings is 1. The first-order valence-corrected chi connectivity index (χ1v) is 4.38. The maximum Gasteiger partial charge on any atom is 0.257 e. The van der Waals surface area contributed by atoms with Crippen LogP contribution in [0.4, 0.5) is 4.39 Å². The van der Waals surface area contributed by atoms with Crippen LogP contribution in [0.25, 0.3) is 0 Å². The number of likely N-dealkylation sites (N-methyl/N-ethyl adjacent to an activating group) is 1. The Bertz CT molecular complexity index is 315. The Hall–Kier alpha value is -1.58. The zero-order chi connectivity index (χ0) is 10.4. The maximum absolute atomic E-state index is 13.0. The number of hydrogen-bond acceptors (Lipinski definition) is 2. The third-order valence-electron chi connectivity index (χ3n) is 1.57. The predicted octanol–water partition coefficient (Wildman–Crippen LogP) is 1.34. The molecule has 0 fully saturated rings. The Morgan fingerprint density at radius 1 is 1.50 bits per heavy atom. The molecule has 0 unspecified atom stereocenters. The molecular weight excluding hydrogens is 185 g/mol. The lowest BCUT2D eigenvalue weighted by Gasteiger charge is -2.06. The zero-order valence-electron chi connectivity index (χ0n) is 7.92. The van der Waals surface area contributed by atoms with E-state index in [4.69, 9.17) is 4.74 Å². The summed E-state index contributed by atoms with van der Waals surface area (Å²) < 4.78 is 17.9. The fourth-order valence-electron chi connectivity index (χ4n) is 0.953. The summed E-state index contributed by atoms with van der Waals surface area (Å²) in [4.78, 5) is 11.0. The van der Waals surface area contributed by atoms with E-state index in [1.807, 2.05) is 0 Å². The molecule has 1 aromatic rings. The predicted molar refractivity (Wildman–Crippen MR) is 50.6 cm³/mol. The third kappa shape index (κ3) is 3.05. The number of carbonyl (C=O) groups excluding carboxylic acids is 1. The van der Waals surface area contributed by atoms with E-state index in [2.05, 4.69) is 5.32 Å². The van der Waals surface area contributed by atoms with Crippen LogP contribution in [0.2, 0.25) is 0 Å². The molecule has 0 radical (unpaired) electrons. The fraction of sp³-hybridized carbons (Fsp3) is 0.300. The molecule has 4 heteroatoms. The Labute approximate surface area is 81.9 Å². The highest BCUT2D eigenvalue weighted by atomic mass is 19.1. The zero-order valence-corrected chi connectivity index (χ0v) is 7.92. The van der Waals surface area contributed by atoms with Crippen molar-refractivity contribution in [2.24, 2.45) is 0 Å². The third-order valence-corrected chi connectivity index (χ3v) is 1.57. The van der Waals surface area contributed by atoms with E-state index in [0.717, 1.165) is 0 Å². The SMILES string of the molecule is CCNC(=O)COc1ccccc1F. The first-order chi connectivity index (χ1) is 6.74. The van der Waals surface area contributed by atoms with Crippen LogP contribution in [-0.2, 0) is 4.79 Å². The minimum atomic E-state index is -0.461. The monoisotopic (exact) mass is 197 g/mol. The standard InChI is InChI=1S/C10H12FNO2/c1-2-12-10(13)7-14-9-6-4-3-5-8(9)11/h3-6H,2,7H2,1H3,(H,12,13). The molecule has 3 nitrogen and oxygen atoms in total. The molecule has 0 heterocycles. The molecule has 76 valence electrons. The largest absolute Gasteiger partial charge is 0.481 e. The van der Waals surface area contributed by atoms with Crippen molar-refractivity contribution in [3.8, 4) is 5.75 Å². The van der Waals surface area contributed by atoms with Crippen molar-refractivity contribution < 1.29 is 13.9 Å². The van der Waals surface area contributed by atoms with Crippen molar-refractivity contribution in [2.45, 2.75) is 6.92 Å². The summed E-state index contributed by atoms with van der Waals surface area (Å²) in [6, 6.07) is 5.98. The average molecular weight is 197 g/mol. The minimum absolute atomic E-state index is 0.0961. The number of nitrogens with one attached hydrogen (secondary N) is 1. The molecule has 0 bridgehead atoms. The summed E-state index contributed by atoms with van der Waals surface area (Å²) in [6.07, 6.45) is 0. The summed E-state index contributed by atoms with van der Waals surface area (Å²) in [5.41, 5.74) is 0. The normalized spacial score (nSPS) is 9.57. The van der Waals surface area contributed by atoms with Gasteiger partial charge in [-0.05, 0) is 19.1 Å². The number of ether oxygens (including phenoxy) is 1. The highest BCUT2D eigenvalue weighted by Gasteiger charge is 2.04. The van der Waals surface area contributed by atoms with Crippen LogP contribution in [0.1, 0.15) is 6.92 Å². The molecule has 0 atom stereocenters. The van der Waals surface area contributed by atoms with Gasteiger partial charge in [0.1, 0.15) is 0 Å². The fourth-order valence-corrected chi connectivity index (χ4v) is 0.953. The van der Waals surface area contributed by atoms with Gasteiger partial charge >= 0.3 is 0 Å². The van der Waals surface area contributed by atoms with Crippen LogP contribution in [0, 0.1) is 5.82 Å². The van der Waals surface area contributed by atoms with E-state index in [-0.39, 0.29) is 18.3 Å². The summed E-state index contributed by atoms with van der Waals surface area (Å²) in [5, 5.41) is 2.55. The molecule has 0 saturated carbocycles. The molecule has 1 aromatic carbocycles. The second kappa shape index (κ2) is 5.21. The van der Waals surface area contributed by atoms with Gasteiger partial charge in [-0.2, -0.15) is 0 Å². The topological polar surface area (TPSA) is 38.3 Å². The summed E-state index contributed by atoms with van der Waals surface area (Å²) >= 11 is 0. The van der Waals surface area contributed by atoms with Gasteiger partial charge in [-0.25, -0.2) is 4.39 Å². The van der Waals surface area contributed by atoms with Gasteiger partial charge in [0.15, 0.2) is 18.2 Å². The number of para-hydroxylation sites is 1. The lowest BCUT2D eigenvalue weighted by Crippen LogP contribution is -2.28. The van der Waals surface area contributed by atoms with Gasteiger partial charge in [0.25, 0.3) is 5.91 Å². The summed E-state index contributed by atoms with van der Waals surface area (Å²) in [7, 11) is 0. The first kappa shape index (κ1) is 10.5. The molecule has 0 aromatic heterocycles. The van der Waals surface area contributed by atoms with Crippen LogP contribution in [0.3, 0.4) is 0 Å². The maximum atomic E-state index is 13.0. The van der Waals surface area contributed by atoms with Gasteiger partial charge in [0.05, 0.1) is 0 Å². The lowest BCUT2D eigenvalue weighted by atomic mass is 10.3. The lowest BCUT2D eigenvalue weighted by molar-refractivity contribution is -0.123. The molecule has 0 saturated heterocycles. The highest BCUT2D eigenvalue weighted by molar-refractivity contribution is 5.77. The van der Waals surface area contributed by atoms with Crippen LogP contribution in [0.5, 0.6) is 5.75 Å². The molecule has 14 heavy (non-hydrogen) atoms. The second-order valence-corrected chi connectivity index (χ2v) is 2.67. The van der Waals surface area contributed by atoms with Gasteiger partial charge in [-0.1, -0.05) is 12.1 Å². The average Bonchev–Trinajstić information content (AvgIpc) is 2.17. The molecule has 1 rings (SSSR count). The van der Waals surface area contributed by atoms with Gasteiger partial charge in [0.2, 0.25) is 0 Å². The van der Waals surface area contributed by atoms with E-state index in [9.17, 15) is 9.18 Å². The van der Waals surface area contributed by atoms with Gasteiger partial charge in [-0.3, -0.25) is 4.79 Å². The van der Waals surface area contributed by atoms with Gasteiger partial charge < -0.3 is 10.1 Å². The summed E-state index contributed by atoms with van der Waals surface area (Å²) in [5.74, 6) is -0.619. The first-order valence-electron chi connectivity index (χ1n) is 4.38. The number of rotatable bonds is 4. The van der Waals surface area contributed by atoms with E-state index in [1.54, 1.807) is 19.1 Å². The van der Waals surface area contributed by atoms with Crippen LogP contribution in [-0.4, -0.2) is 19.1 Å². The van der Waals surface area contributed by atoms with E-state index in [0.29, 0.717) is 6.54 Å². The molecule has 1 N–H and O–H groups in total. The number of hydrogen-bond donors (Lipinski definition) is 1. The van der Waals surface area contributed by atoms with Gasteiger partial charge in [-0.15, -0.1) is 0 Å². The Morgan fingerprint density at radius 2 is 2.21 bits per heavy atom. The number of carbonyl (C=O) groups is 1. The smallest absolute Gasteiger partial charge is 0.257 e. The molecule has 0 aliphatic heterocycles. The van der Waals surface area contributed by atoms with Crippen molar-refractivity contribution in [3.05, 3.63) is 30.1 Å². The summed E-state index contributed by atoms with van der Waals surface area (Å²) in [6.45, 7) is 2.19. The van der Waals surface area contributed by atoms with Gasteiger partial charge in [0, 0.05) is 6.54 Å². The second-order valence-electron chi connectivity index (χ2n) is 2.67. The highest BCUT2D eigenvalue weighted by Crippen LogP contribution is 2.14. The Kier molecular flexibility index (Phi) is 3.91. The molecule has 1 amide bonds. The van der Waals surface area contributed by atoms with Crippen LogP contribution >= 0.6 is 0 Å². The van der Waals surface area contributed by atoms with E-state index >= 15 is 0 Å². The van der Waals surface area contributed by atoms with E-state index < -0.39 is 5.82 Å². The molecule has 0 aliphatic carbocycles. The van der Waals surface area contributed by atoms with Crippen LogP contribution in [0.15, 0.2) is 24.3 Å². The number of amides is 1. The van der Waals surface area contributed by atoms with Crippen molar-refractivity contribution in [1.82, 2.24) is 5.32 Å².